The fourth-order valence-electron chi connectivity index (χ4n) is 3.15. The summed E-state index contributed by atoms with van der Waals surface area (Å²) in [7, 11) is 0. The zero-order valence-corrected chi connectivity index (χ0v) is 19.6. The highest BCUT2D eigenvalue weighted by molar-refractivity contribution is 6.30. The Balaban J connectivity index is 1.35. The Morgan fingerprint density at radius 3 is 2.03 bits per heavy atom. The van der Waals surface area contributed by atoms with Crippen LogP contribution in [-0.2, 0) is 0 Å². The molecule has 0 saturated carbocycles. The van der Waals surface area contributed by atoms with Gasteiger partial charge in [-0.05, 0) is 72.8 Å². The zero-order valence-electron chi connectivity index (χ0n) is 18.9. The maximum Gasteiger partial charge on any atom is 0.343 e. The van der Waals surface area contributed by atoms with E-state index in [-0.39, 0.29) is 11.7 Å². The second-order valence-corrected chi connectivity index (χ2v) is 7.97. The molecule has 4 aromatic carbocycles. The minimum absolute atomic E-state index is 0.243. The van der Waals surface area contributed by atoms with Gasteiger partial charge in [0.15, 0.2) is 0 Å². The fraction of sp³-hybridized carbons (Fsp3) is 0. The molecule has 178 valence electrons. The van der Waals surface area contributed by atoms with Crippen molar-refractivity contribution in [1.82, 2.24) is 5.43 Å². The number of rotatable bonds is 7. The summed E-state index contributed by atoms with van der Waals surface area (Å²) in [6, 6.07) is 28.4. The average molecular weight is 498 g/mol. The second kappa shape index (κ2) is 11.6. The Kier molecular flexibility index (Phi) is 7.85. The summed E-state index contributed by atoms with van der Waals surface area (Å²) in [5.74, 6) is -0.944. The van der Waals surface area contributed by atoms with Gasteiger partial charge in [0.25, 0.3) is 11.8 Å². The number of para-hydroxylation sites is 1. The van der Waals surface area contributed by atoms with Crippen LogP contribution in [0.1, 0.15) is 36.6 Å². The van der Waals surface area contributed by atoms with Crippen LogP contribution in [0.5, 0.6) is 5.75 Å². The van der Waals surface area contributed by atoms with Crippen molar-refractivity contribution in [2.45, 2.75) is 0 Å². The molecular formula is C28H20ClN3O4. The van der Waals surface area contributed by atoms with E-state index in [1.54, 1.807) is 97.1 Å². The van der Waals surface area contributed by atoms with Crippen molar-refractivity contribution in [2.75, 3.05) is 5.32 Å². The molecule has 0 aliphatic carbocycles. The van der Waals surface area contributed by atoms with Gasteiger partial charge in [0.1, 0.15) is 5.75 Å². The number of hydrogen-bond acceptors (Lipinski definition) is 5. The van der Waals surface area contributed by atoms with Gasteiger partial charge in [-0.25, -0.2) is 10.2 Å². The van der Waals surface area contributed by atoms with Crippen LogP contribution in [0.15, 0.2) is 108 Å². The number of halogens is 1. The van der Waals surface area contributed by atoms with Gasteiger partial charge in [0.05, 0.1) is 11.8 Å². The van der Waals surface area contributed by atoms with Gasteiger partial charge < -0.3 is 10.1 Å². The number of amides is 2. The van der Waals surface area contributed by atoms with Crippen LogP contribution in [0.4, 0.5) is 5.69 Å². The number of anilines is 1. The first-order valence-electron chi connectivity index (χ1n) is 10.9. The molecule has 0 heterocycles. The van der Waals surface area contributed by atoms with Gasteiger partial charge in [-0.3, -0.25) is 9.59 Å². The summed E-state index contributed by atoms with van der Waals surface area (Å²) < 4.78 is 5.47. The monoisotopic (exact) mass is 497 g/mol. The molecular weight excluding hydrogens is 478 g/mol. The molecule has 4 rings (SSSR count). The predicted octanol–water partition coefficient (Wildman–Crippen LogP) is 5.58. The average Bonchev–Trinajstić information content (AvgIpc) is 2.91. The lowest BCUT2D eigenvalue weighted by Crippen LogP contribution is -2.18. The largest absolute Gasteiger partial charge is 0.422 e. The third-order valence-corrected chi connectivity index (χ3v) is 5.26. The molecule has 2 amide bonds. The lowest BCUT2D eigenvalue weighted by molar-refractivity contribution is 0.0734. The molecule has 36 heavy (non-hydrogen) atoms. The Morgan fingerprint density at radius 2 is 1.31 bits per heavy atom. The number of benzene rings is 4. The quantitative estimate of drug-likeness (QED) is 0.151. The minimum Gasteiger partial charge on any atom is -0.422 e. The second-order valence-electron chi connectivity index (χ2n) is 7.53. The lowest BCUT2D eigenvalue weighted by atomic mass is 10.1. The van der Waals surface area contributed by atoms with E-state index in [9.17, 15) is 14.4 Å². The Morgan fingerprint density at radius 1 is 0.694 bits per heavy atom. The normalized spacial score (nSPS) is 10.6. The highest BCUT2D eigenvalue weighted by Crippen LogP contribution is 2.19. The summed E-state index contributed by atoms with van der Waals surface area (Å²) >= 11 is 5.86. The molecule has 4 aromatic rings. The molecule has 0 spiro atoms. The van der Waals surface area contributed by atoms with Gasteiger partial charge >= 0.3 is 5.97 Å². The number of carbonyl (C=O) groups is 3. The van der Waals surface area contributed by atoms with Crippen molar-refractivity contribution >= 4 is 41.3 Å². The number of hydrazone groups is 1. The molecule has 0 atom stereocenters. The summed E-state index contributed by atoms with van der Waals surface area (Å²) in [4.78, 5) is 37.1. The number of ether oxygens (including phenoxy) is 1. The van der Waals surface area contributed by atoms with Gasteiger partial charge in [-0.15, -0.1) is 0 Å². The van der Waals surface area contributed by atoms with Crippen molar-refractivity contribution < 1.29 is 19.1 Å². The molecule has 0 unspecified atom stereocenters. The maximum absolute atomic E-state index is 12.5. The first-order chi connectivity index (χ1) is 17.5. The van der Waals surface area contributed by atoms with Crippen molar-refractivity contribution in [3.8, 4) is 5.75 Å². The number of nitrogens with one attached hydrogen (secondary N) is 2. The summed E-state index contributed by atoms with van der Waals surface area (Å²) in [6.45, 7) is 0. The smallest absolute Gasteiger partial charge is 0.343 e. The fourth-order valence-corrected chi connectivity index (χ4v) is 3.27. The van der Waals surface area contributed by atoms with E-state index in [4.69, 9.17) is 16.3 Å². The van der Waals surface area contributed by atoms with E-state index < -0.39 is 11.9 Å². The summed E-state index contributed by atoms with van der Waals surface area (Å²) in [5, 5.41) is 7.27. The number of esters is 1. The van der Waals surface area contributed by atoms with Crippen LogP contribution in [0.3, 0.4) is 0 Å². The highest BCUT2D eigenvalue weighted by atomic mass is 35.5. The van der Waals surface area contributed by atoms with Crippen LogP contribution in [0, 0.1) is 0 Å². The Bertz CT molecular complexity index is 1400. The van der Waals surface area contributed by atoms with Crippen molar-refractivity contribution in [1.29, 1.82) is 0 Å². The molecule has 0 bridgehead atoms. The maximum atomic E-state index is 12.5. The van der Waals surface area contributed by atoms with E-state index in [2.05, 4.69) is 15.8 Å². The molecule has 0 aliphatic heterocycles. The van der Waals surface area contributed by atoms with Crippen LogP contribution in [-0.4, -0.2) is 24.0 Å². The number of nitrogens with zero attached hydrogens (tertiary/aromatic N) is 1. The van der Waals surface area contributed by atoms with Gasteiger partial charge in [-0.1, -0.05) is 41.9 Å². The third kappa shape index (κ3) is 6.43. The molecule has 0 aromatic heterocycles. The topological polar surface area (TPSA) is 96.9 Å². The molecule has 7 nitrogen and oxygen atoms in total. The first-order valence-corrected chi connectivity index (χ1v) is 11.2. The predicted molar refractivity (Wildman–Crippen MR) is 139 cm³/mol. The number of hydrogen-bond donors (Lipinski definition) is 2. The van der Waals surface area contributed by atoms with Crippen molar-refractivity contribution in [2.24, 2.45) is 5.10 Å². The highest BCUT2D eigenvalue weighted by Gasteiger charge is 2.11. The van der Waals surface area contributed by atoms with Crippen LogP contribution < -0.4 is 15.5 Å². The van der Waals surface area contributed by atoms with Crippen LogP contribution in [0.2, 0.25) is 5.02 Å². The van der Waals surface area contributed by atoms with Crippen molar-refractivity contribution in [3.63, 3.8) is 0 Å². The van der Waals surface area contributed by atoms with Crippen LogP contribution in [0.25, 0.3) is 0 Å². The number of carbonyl (C=O) groups excluding carboxylic acids is 3. The molecule has 8 heteroatoms. The molecule has 0 radical (unpaired) electrons. The Hall–Kier alpha value is -4.75. The van der Waals surface area contributed by atoms with Gasteiger partial charge in [0.2, 0.25) is 0 Å². The molecule has 0 fully saturated rings. The minimum atomic E-state index is -0.545. The van der Waals surface area contributed by atoms with E-state index in [0.717, 1.165) is 0 Å². The zero-order chi connectivity index (χ0) is 25.3. The van der Waals surface area contributed by atoms with Gasteiger partial charge in [0, 0.05) is 27.4 Å². The molecule has 2 N–H and O–H groups in total. The SMILES string of the molecule is O=C(N/N=C\c1ccccc1OC(=O)c1ccc(Cl)cc1)c1ccc(NC(=O)c2ccccc2)cc1. The van der Waals surface area contributed by atoms with Crippen LogP contribution >= 0.6 is 11.6 Å². The lowest BCUT2D eigenvalue weighted by Gasteiger charge is -2.08. The molecule has 0 aliphatic rings. The standard InChI is InChI=1S/C28H20ClN3O4/c29-23-14-10-21(11-15-23)28(35)36-25-9-5-4-8-22(25)18-30-32-27(34)20-12-16-24(17-13-20)31-26(33)19-6-2-1-3-7-19/h1-18H,(H,31,33)(H,32,34)/b30-18-. The van der Waals surface area contributed by atoms with E-state index in [0.29, 0.717) is 33.0 Å². The Labute approximate surface area is 212 Å². The van der Waals surface area contributed by atoms with E-state index in [1.807, 2.05) is 6.07 Å². The van der Waals surface area contributed by atoms with Gasteiger partial charge in [-0.2, -0.15) is 5.10 Å². The summed E-state index contributed by atoms with van der Waals surface area (Å²) in [5.41, 5.74) is 4.73. The van der Waals surface area contributed by atoms with E-state index in [1.165, 1.54) is 6.21 Å². The third-order valence-electron chi connectivity index (χ3n) is 5.01. The molecule has 0 saturated heterocycles. The van der Waals surface area contributed by atoms with E-state index >= 15 is 0 Å². The summed E-state index contributed by atoms with van der Waals surface area (Å²) in [6.07, 6.45) is 1.39. The van der Waals surface area contributed by atoms with Crippen molar-refractivity contribution in [3.05, 3.63) is 130 Å². The first kappa shape index (κ1) is 24.4.